The third-order valence-electron chi connectivity index (χ3n) is 1.06. The standard InChI is InChI=1S/C6H8INS/c1-4(2)5-3-8-6(7)9-5/h3-4H,1-2H3. The molecule has 9 heavy (non-hydrogen) atoms. The normalized spacial score (nSPS) is 10.7. The van der Waals surface area contributed by atoms with Gasteiger partial charge in [-0.05, 0) is 28.5 Å². The molecule has 0 atom stereocenters. The number of halogens is 1. The second-order valence-electron chi connectivity index (χ2n) is 2.17. The molecule has 1 rings (SSSR count). The molecular formula is C6H8INS. The molecule has 3 heteroatoms. The molecule has 0 aromatic carbocycles. The maximum Gasteiger partial charge on any atom is 0.154 e. The summed E-state index contributed by atoms with van der Waals surface area (Å²) in [5.74, 6) is 0.631. The topological polar surface area (TPSA) is 12.9 Å². The van der Waals surface area contributed by atoms with E-state index < -0.39 is 0 Å². The van der Waals surface area contributed by atoms with Crippen molar-refractivity contribution in [1.29, 1.82) is 0 Å². The average Bonchev–Trinajstić information content (AvgIpc) is 2.14. The lowest BCUT2D eigenvalue weighted by Crippen LogP contribution is -1.77. The molecule has 1 heterocycles. The van der Waals surface area contributed by atoms with Gasteiger partial charge in [0.25, 0.3) is 0 Å². The van der Waals surface area contributed by atoms with Gasteiger partial charge in [0.2, 0.25) is 0 Å². The molecule has 0 radical (unpaired) electrons. The van der Waals surface area contributed by atoms with E-state index in [9.17, 15) is 0 Å². The van der Waals surface area contributed by atoms with Gasteiger partial charge in [-0.2, -0.15) is 0 Å². The van der Waals surface area contributed by atoms with Crippen LogP contribution in [-0.2, 0) is 0 Å². The second kappa shape index (κ2) is 2.96. The lowest BCUT2D eigenvalue weighted by molar-refractivity contribution is 0.885. The van der Waals surface area contributed by atoms with Crippen LogP contribution in [0.4, 0.5) is 0 Å². The monoisotopic (exact) mass is 253 g/mol. The van der Waals surface area contributed by atoms with E-state index in [1.807, 2.05) is 6.20 Å². The highest BCUT2D eigenvalue weighted by Gasteiger charge is 2.01. The lowest BCUT2D eigenvalue weighted by atomic mass is 10.2. The summed E-state index contributed by atoms with van der Waals surface area (Å²) in [6, 6.07) is 0. The van der Waals surface area contributed by atoms with Gasteiger partial charge >= 0.3 is 0 Å². The number of hydrogen-bond donors (Lipinski definition) is 0. The number of aromatic nitrogens is 1. The van der Waals surface area contributed by atoms with Crippen LogP contribution in [0.5, 0.6) is 0 Å². The Bertz CT molecular complexity index is 195. The van der Waals surface area contributed by atoms with Crippen LogP contribution in [0.2, 0.25) is 0 Å². The van der Waals surface area contributed by atoms with Crippen molar-refractivity contribution in [2.24, 2.45) is 0 Å². The molecule has 1 aromatic heterocycles. The lowest BCUT2D eigenvalue weighted by Gasteiger charge is -1.94. The molecule has 0 aliphatic carbocycles. The zero-order chi connectivity index (χ0) is 6.85. The van der Waals surface area contributed by atoms with Crippen molar-refractivity contribution in [1.82, 2.24) is 4.98 Å². The Morgan fingerprint density at radius 1 is 1.67 bits per heavy atom. The molecule has 0 unspecified atom stereocenters. The van der Waals surface area contributed by atoms with Crippen molar-refractivity contribution in [2.75, 3.05) is 0 Å². The second-order valence-corrected chi connectivity index (χ2v) is 4.99. The summed E-state index contributed by atoms with van der Waals surface area (Å²) >= 11 is 4.01. The van der Waals surface area contributed by atoms with Gasteiger partial charge in [0.15, 0.2) is 3.01 Å². The predicted molar refractivity (Wildman–Crippen MR) is 48.9 cm³/mol. The minimum Gasteiger partial charge on any atom is -0.238 e. The molecular weight excluding hydrogens is 245 g/mol. The summed E-state index contributed by atoms with van der Waals surface area (Å²) in [5.41, 5.74) is 0. The first-order chi connectivity index (χ1) is 4.20. The molecule has 1 nitrogen and oxygen atoms in total. The molecule has 0 amide bonds. The Labute approximate surface area is 72.6 Å². The number of hydrogen-bond acceptors (Lipinski definition) is 2. The molecule has 1 aromatic rings. The van der Waals surface area contributed by atoms with Crippen LogP contribution in [-0.4, -0.2) is 4.98 Å². The Morgan fingerprint density at radius 2 is 2.33 bits per heavy atom. The summed E-state index contributed by atoms with van der Waals surface area (Å²) in [4.78, 5) is 5.52. The van der Waals surface area contributed by atoms with E-state index in [2.05, 4.69) is 41.4 Å². The Morgan fingerprint density at radius 3 is 2.56 bits per heavy atom. The van der Waals surface area contributed by atoms with Gasteiger partial charge in [-0.3, -0.25) is 0 Å². The van der Waals surface area contributed by atoms with Crippen molar-refractivity contribution in [2.45, 2.75) is 19.8 Å². The van der Waals surface area contributed by atoms with E-state index in [4.69, 9.17) is 0 Å². The summed E-state index contributed by atoms with van der Waals surface area (Å²) < 4.78 is 1.14. The van der Waals surface area contributed by atoms with Gasteiger partial charge < -0.3 is 0 Å². The van der Waals surface area contributed by atoms with E-state index in [0.29, 0.717) is 5.92 Å². The van der Waals surface area contributed by atoms with E-state index in [0.717, 1.165) is 3.01 Å². The highest BCUT2D eigenvalue weighted by molar-refractivity contribution is 14.1. The fourth-order valence-electron chi connectivity index (χ4n) is 0.531. The van der Waals surface area contributed by atoms with Crippen molar-refractivity contribution in [3.8, 4) is 0 Å². The largest absolute Gasteiger partial charge is 0.238 e. The van der Waals surface area contributed by atoms with Crippen LogP contribution in [0.15, 0.2) is 6.20 Å². The highest BCUT2D eigenvalue weighted by Crippen LogP contribution is 2.22. The van der Waals surface area contributed by atoms with Gasteiger partial charge in [0.1, 0.15) is 0 Å². The van der Waals surface area contributed by atoms with Crippen LogP contribution in [0.3, 0.4) is 0 Å². The van der Waals surface area contributed by atoms with Crippen molar-refractivity contribution in [3.63, 3.8) is 0 Å². The zero-order valence-corrected chi connectivity index (χ0v) is 8.36. The summed E-state index contributed by atoms with van der Waals surface area (Å²) in [7, 11) is 0. The van der Waals surface area contributed by atoms with Crippen LogP contribution < -0.4 is 0 Å². The fourth-order valence-corrected chi connectivity index (χ4v) is 2.07. The summed E-state index contributed by atoms with van der Waals surface area (Å²) in [5, 5.41) is 0. The molecule has 0 aliphatic heterocycles. The van der Waals surface area contributed by atoms with Crippen LogP contribution in [0.1, 0.15) is 24.6 Å². The Kier molecular flexibility index (Phi) is 2.46. The molecule has 0 fully saturated rings. The smallest absolute Gasteiger partial charge is 0.154 e. The first kappa shape index (κ1) is 7.47. The van der Waals surface area contributed by atoms with Crippen molar-refractivity contribution >= 4 is 33.9 Å². The van der Waals surface area contributed by atoms with Crippen LogP contribution in [0.25, 0.3) is 0 Å². The fraction of sp³-hybridized carbons (Fsp3) is 0.500. The van der Waals surface area contributed by atoms with E-state index >= 15 is 0 Å². The van der Waals surface area contributed by atoms with Gasteiger partial charge in [0, 0.05) is 11.1 Å². The van der Waals surface area contributed by atoms with Crippen LogP contribution in [0, 0.1) is 3.01 Å². The SMILES string of the molecule is CC(C)c1cnc(I)s1. The van der Waals surface area contributed by atoms with E-state index in [1.54, 1.807) is 11.3 Å². The average molecular weight is 253 g/mol. The first-order valence-electron chi connectivity index (χ1n) is 2.81. The Hall–Kier alpha value is 0.360. The predicted octanol–water partition coefficient (Wildman–Crippen LogP) is 2.87. The number of thiazole rings is 1. The minimum absolute atomic E-state index is 0.631. The molecule has 0 saturated heterocycles. The molecule has 0 N–H and O–H groups in total. The molecule has 0 bridgehead atoms. The van der Waals surface area contributed by atoms with Gasteiger partial charge in [-0.1, -0.05) is 13.8 Å². The van der Waals surface area contributed by atoms with Crippen LogP contribution >= 0.6 is 33.9 Å². The van der Waals surface area contributed by atoms with Crippen molar-refractivity contribution < 1.29 is 0 Å². The Balaban J connectivity index is 2.85. The molecule has 0 spiro atoms. The van der Waals surface area contributed by atoms with Gasteiger partial charge in [-0.25, -0.2) is 4.98 Å². The van der Waals surface area contributed by atoms with E-state index in [-0.39, 0.29) is 0 Å². The molecule has 0 aliphatic rings. The molecule has 50 valence electrons. The number of rotatable bonds is 1. The maximum atomic E-state index is 4.14. The van der Waals surface area contributed by atoms with E-state index in [1.165, 1.54) is 4.88 Å². The summed E-state index contributed by atoms with van der Waals surface area (Å²) in [6.45, 7) is 4.37. The van der Waals surface area contributed by atoms with Gasteiger partial charge in [0.05, 0.1) is 0 Å². The quantitative estimate of drug-likeness (QED) is 0.701. The van der Waals surface area contributed by atoms with Crippen molar-refractivity contribution in [3.05, 3.63) is 14.1 Å². The highest BCUT2D eigenvalue weighted by atomic mass is 127. The molecule has 0 saturated carbocycles. The third kappa shape index (κ3) is 1.89. The summed E-state index contributed by atoms with van der Waals surface area (Å²) in [6.07, 6.45) is 1.96. The maximum absolute atomic E-state index is 4.14. The van der Waals surface area contributed by atoms with Gasteiger partial charge in [-0.15, -0.1) is 11.3 Å². The zero-order valence-electron chi connectivity index (χ0n) is 5.39. The number of nitrogens with zero attached hydrogens (tertiary/aromatic N) is 1. The minimum atomic E-state index is 0.631. The first-order valence-corrected chi connectivity index (χ1v) is 4.71. The third-order valence-corrected chi connectivity index (χ3v) is 3.09.